The van der Waals surface area contributed by atoms with Crippen molar-refractivity contribution in [3.8, 4) is 0 Å². The molecule has 1 aliphatic heterocycles. The van der Waals surface area contributed by atoms with Crippen molar-refractivity contribution in [2.75, 3.05) is 31.7 Å². The highest BCUT2D eigenvalue weighted by Gasteiger charge is 2.18. The fourth-order valence-electron chi connectivity index (χ4n) is 2.65. The van der Waals surface area contributed by atoms with Gasteiger partial charge in [0.2, 0.25) is 0 Å². The van der Waals surface area contributed by atoms with Crippen LogP contribution in [0.4, 0.5) is 5.69 Å². The molecule has 0 amide bonds. The van der Waals surface area contributed by atoms with Gasteiger partial charge in [0.05, 0.1) is 0 Å². The predicted molar refractivity (Wildman–Crippen MR) is 83.6 cm³/mol. The number of ether oxygens (including phenoxy) is 1. The van der Waals surface area contributed by atoms with Gasteiger partial charge in [-0.3, -0.25) is 0 Å². The standard InChI is InChI=1S/C15H23BrN2O/c1-11(17)14-9-13(16)3-4-15(14)18(2)10-12-5-7-19-8-6-12/h3-4,9,11-12H,5-8,10,17H2,1-2H3. The summed E-state index contributed by atoms with van der Waals surface area (Å²) < 4.78 is 6.51. The smallest absolute Gasteiger partial charge is 0.0469 e. The van der Waals surface area contributed by atoms with E-state index >= 15 is 0 Å². The highest BCUT2D eigenvalue weighted by atomic mass is 79.9. The van der Waals surface area contributed by atoms with Gasteiger partial charge in [0.1, 0.15) is 0 Å². The van der Waals surface area contributed by atoms with E-state index < -0.39 is 0 Å². The summed E-state index contributed by atoms with van der Waals surface area (Å²) in [4.78, 5) is 2.33. The number of benzene rings is 1. The third-order valence-corrected chi connectivity index (χ3v) is 4.26. The Morgan fingerprint density at radius 3 is 2.74 bits per heavy atom. The summed E-state index contributed by atoms with van der Waals surface area (Å²) in [6, 6.07) is 6.41. The molecule has 1 heterocycles. The summed E-state index contributed by atoms with van der Waals surface area (Å²) in [5, 5.41) is 0. The lowest BCUT2D eigenvalue weighted by molar-refractivity contribution is 0.0685. The molecular formula is C15H23BrN2O. The van der Waals surface area contributed by atoms with Crippen LogP contribution in [0.25, 0.3) is 0 Å². The molecular weight excluding hydrogens is 304 g/mol. The maximum atomic E-state index is 6.09. The van der Waals surface area contributed by atoms with Crippen molar-refractivity contribution in [2.45, 2.75) is 25.8 Å². The van der Waals surface area contributed by atoms with Gasteiger partial charge in [-0.15, -0.1) is 0 Å². The Hall–Kier alpha value is -0.580. The summed E-state index contributed by atoms with van der Waals surface area (Å²) in [7, 11) is 2.16. The number of hydrogen-bond acceptors (Lipinski definition) is 3. The minimum atomic E-state index is 0.0460. The van der Waals surface area contributed by atoms with E-state index in [0.717, 1.165) is 43.0 Å². The molecule has 1 unspecified atom stereocenters. The van der Waals surface area contributed by atoms with Crippen LogP contribution in [0.2, 0.25) is 0 Å². The largest absolute Gasteiger partial charge is 0.381 e. The molecule has 1 aromatic carbocycles. The molecule has 4 heteroatoms. The molecule has 19 heavy (non-hydrogen) atoms. The molecule has 1 fully saturated rings. The maximum Gasteiger partial charge on any atom is 0.0469 e. The zero-order chi connectivity index (χ0) is 13.8. The van der Waals surface area contributed by atoms with Gasteiger partial charge in [0.15, 0.2) is 0 Å². The first-order valence-corrected chi connectivity index (χ1v) is 7.71. The number of nitrogens with two attached hydrogens (primary N) is 1. The SMILES string of the molecule is CC(N)c1cc(Br)ccc1N(C)CC1CCOCC1. The molecule has 3 nitrogen and oxygen atoms in total. The third kappa shape index (κ3) is 3.94. The average molecular weight is 327 g/mol. The fourth-order valence-corrected chi connectivity index (χ4v) is 3.03. The number of nitrogens with zero attached hydrogens (tertiary/aromatic N) is 1. The van der Waals surface area contributed by atoms with E-state index in [-0.39, 0.29) is 6.04 Å². The fraction of sp³-hybridized carbons (Fsp3) is 0.600. The molecule has 0 aromatic heterocycles. The molecule has 1 atom stereocenters. The molecule has 2 N–H and O–H groups in total. The summed E-state index contributed by atoms with van der Waals surface area (Å²) >= 11 is 3.52. The van der Waals surface area contributed by atoms with E-state index in [1.165, 1.54) is 11.3 Å². The van der Waals surface area contributed by atoms with Crippen LogP contribution in [0.1, 0.15) is 31.4 Å². The van der Waals surface area contributed by atoms with E-state index in [4.69, 9.17) is 10.5 Å². The van der Waals surface area contributed by atoms with Crippen LogP contribution >= 0.6 is 15.9 Å². The van der Waals surface area contributed by atoms with E-state index in [1.807, 2.05) is 6.92 Å². The Balaban J connectivity index is 2.11. The molecule has 0 bridgehead atoms. The Bertz CT molecular complexity index is 417. The van der Waals surface area contributed by atoms with Crippen molar-refractivity contribution < 1.29 is 4.74 Å². The van der Waals surface area contributed by atoms with E-state index in [0.29, 0.717) is 0 Å². The Morgan fingerprint density at radius 2 is 2.11 bits per heavy atom. The molecule has 0 radical (unpaired) electrons. The lowest BCUT2D eigenvalue weighted by atomic mass is 9.98. The van der Waals surface area contributed by atoms with Crippen molar-refractivity contribution >= 4 is 21.6 Å². The van der Waals surface area contributed by atoms with Gasteiger partial charge in [0.25, 0.3) is 0 Å². The van der Waals surface area contributed by atoms with Gasteiger partial charge >= 0.3 is 0 Å². The van der Waals surface area contributed by atoms with E-state index in [1.54, 1.807) is 0 Å². The van der Waals surface area contributed by atoms with Gasteiger partial charge in [-0.1, -0.05) is 15.9 Å². The second-order valence-corrected chi connectivity index (χ2v) is 6.34. The molecule has 0 saturated carbocycles. The van der Waals surface area contributed by atoms with Gasteiger partial charge in [0, 0.05) is 43.0 Å². The number of anilines is 1. The molecule has 106 valence electrons. The molecule has 0 aliphatic carbocycles. The summed E-state index contributed by atoms with van der Waals surface area (Å²) in [5.74, 6) is 0.725. The molecule has 2 rings (SSSR count). The predicted octanol–water partition coefficient (Wildman–Crippen LogP) is 3.33. The number of hydrogen-bond donors (Lipinski definition) is 1. The monoisotopic (exact) mass is 326 g/mol. The maximum absolute atomic E-state index is 6.09. The lowest BCUT2D eigenvalue weighted by Gasteiger charge is -2.30. The quantitative estimate of drug-likeness (QED) is 0.922. The summed E-state index contributed by atoms with van der Waals surface area (Å²) in [6.07, 6.45) is 2.32. The summed E-state index contributed by atoms with van der Waals surface area (Å²) in [5.41, 5.74) is 8.53. The van der Waals surface area contributed by atoms with Gasteiger partial charge in [-0.05, 0) is 49.4 Å². The van der Waals surface area contributed by atoms with Crippen molar-refractivity contribution in [3.63, 3.8) is 0 Å². The molecule has 0 spiro atoms. The zero-order valence-corrected chi connectivity index (χ0v) is 13.3. The van der Waals surface area contributed by atoms with Gasteiger partial charge < -0.3 is 15.4 Å². The van der Waals surface area contributed by atoms with E-state index in [9.17, 15) is 0 Å². The normalized spacial score (nSPS) is 18.3. The van der Waals surface area contributed by atoms with Crippen LogP contribution in [0.5, 0.6) is 0 Å². The van der Waals surface area contributed by atoms with Crippen molar-refractivity contribution in [2.24, 2.45) is 11.7 Å². The minimum Gasteiger partial charge on any atom is -0.381 e. The van der Waals surface area contributed by atoms with Crippen molar-refractivity contribution in [3.05, 3.63) is 28.2 Å². The first-order chi connectivity index (χ1) is 9.08. The highest BCUT2D eigenvalue weighted by Crippen LogP contribution is 2.29. The van der Waals surface area contributed by atoms with E-state index in [2.05, 4.69) is 46.1 Å². The molecule has 1 saturated heterocycles. The summed E-state index contributed by atoms with van der Waals surface area (Å²) in [6.45, 7) is 4.91. The number of rotatable bonds is 4. The van der Waals surface area contributed by atoms with Crippen molar-refractivity contribution in [1.29, 1.82) is 0 Å². The van der Waals surface area contributed by atoms with Gasteiger partial charge in [-0.25, -0.2) is 0 Å². The van der Waals surface area contributed by atoms with Gasteiger partial charge in [-0.2, -0.15) is 0 Å². The average Bonchev–Trinajstić information content (AvgIpc) is 2.39. The molecule has 1 aliphatic rings. The second kappa shape index (κ2) is 6.73. The second-order valence-electron chi connectivity index (χ2n) is 5.43. The Morgan fingerprint density at radius 1 is 1.42 bits per heavy atom. The number of halogens is 1. The van der Waals surface area contributed by atoms with Crippen LogP contribution in [0.3, 0.4) is 0 Å². The first kappa shape index (κ1) is 14.8. The first-order valence-electron chi connectivity index (χ1n) is 6.92. The highest BCUT2D eigenvalue weighted by molar-refractivity contribution is 9.10. The van der Waals surface area contributed by atoms with Crippen LogP contribution in [0, 0.1) is 5.92 Å². The van der Waals surface area contributed by atoms with Crippen LogP contribution in [-0.4, -0.2) is 26.8 Å². The topological polar surface area (TPSA) is 38.5 Å². The molecule has 1 aromatic rings. The third-order valence-electron chi connectivity index (χ3n) is 3.76. The zero-order valence-electron chi connectivity index (χ0n) is 11.7. The van der Waals surface area contributed by atoms with Crippen molar-refractivity contribution in [1.82, 2.24) is 0 Å². The van der Waals surface area contributed by atoms with Crippen LogP contribution < -0.4 is 10.6 Å². The van der Waals surface area contributed by atoms with Crippen LogP contribution in [0.15, 0.2) is 22.7 Å². The Labute approximate surface area is 124 Å². The lowest BCUT2D eigenvalue weighted by Crippen LogP contribution is -2.30. The Kier molecular flexibility index (Phi) is 5.25. The van der Waals surface area contributed by atoms with Crippen LogP contribution in [-0.2, 0) is 4.74 Å². The minimum absolute atomic E-state index is 0.0460.